The molecule has 1 atom stereocenters. The number of hydrogen-bond donors (Lipinski definition) is 5. The third-order valence-corrected chi connectivity index (χ3v) is 7.72. The topological polar surface area (TPSA) is 200 Å². The molecule has 1 aliphatic rings. The fourth-order valence-corrected chi connectivity index (χ4v) is 5.34. The van der Waals surface area contributed by atoms with Crippen LogP contribution < -0.4 is 10.1 Å². The zero-order chi connectivity index (χ0) is 34.3. The van der Waals surface area contributed by atoms with Crippen LogP contribution in [0.15, 0.2) is 48.5 Å². The first-order chi connectivity index (χ1) is 22.4. The van der Waals surface area contributed by atoms with Crippen molar-refractivity contribution in [2.24, 2.45) is 0 Å². The van der Waals surface area contributed by atoms with Crippen molar-refractivity contribution < 1.29 is 89.1 Å². The summed E-state index contributed by atoms with van der Waals surface area (Å²) in [6.07, 6.45) is 0. The van der Waals surface area contributed by atoms with Crippen LogP contribution in [0.5, 0.6) is 5.75 Å². The van der Waals surface area contributed by atoms with E-state index in [1.165, 1.54) is 0 Å². The van der Waals surface area contributed by atoms with E-state index >= 15 is 0 Å². The number of carboxylic acid groups (broad SMARTS) is 4. The Hall–Kier alpha value is -3.25. The van der Waals surface area contributed by atoms with Crippen molar-refractivity contribution in [1.29, 1.82) is 0 Å². The summed E-state index contributed by atoms with van der Waals surface area (Å²) in [5.41, 5.74) is 1.61. The van der Waals surface area contributed by atoms with Crippen LogP contribution in [0.4, 0.5) is 0 Å². The van der Waals surface area contributed by atoms with E-state index in [1.807, 2.05) is 31.2 Å². The summed E-state index contributed by atoms with van der Waals surface area (Å²) in [7, 11) is 0. The molecule has 0 aliphatic carbocycles. The maximum absolute atomic E-state index is 12.8. The molecular weight excluding hydrogens is 772 g/mol. The molecule has 264 valence electrons. The molecule has 0 aromatic heterocycles. The Morgan fingerprint density at radius 1 is 0.688 bits per heavy atom. The van der Waals surface area contributed by atoms with Gasteiger partial charge in [-0.1, -0.05) is 24.3 Å². The van der Waals surface area contributed by atoms with E-state index in [0.29, 0.717) is 17.7 Å². The van der Waals surface area contributed by atoms with Crippen molar-refractivity contribution in [1.82, 2.24) is 24.9 Å². The maximum atomic E-state index is 12.8. The van der Waals surface area contributed by atoms with Gasteiger partial charge in [0.05, 0.1) is 26.2 Å². The number of nitrogens with zero attached hydrogens (tertiary/aromatic N) is 4. The van der Waals surface area contributed by atoms with Gasteiger partial charge in [0.15, 0.2) is 0 Å². The second kappa shape index (κ2) is 21.0. The Kier molecular flexibility index (Phi) is 17.9. The standard InChI is InChI=1S/C32H43N5O10.Gd/c1-2-47-26-9-3-23(4-10-26)19-33-31(44)25-7-5-24(6-8-25)30(32(45)46)37-17-15-35(21-28(40)41)13-11-34(20-27(38)39)12-14-36(16-18-37)22-29(42)43;/h3-10,30H,2,11-22H2,1H3,(H,33,44)(H,38,39)(H,40,41)(H,42,43)(H,45,46);. The molecule has 0 spiro atoms. The number of nitrogens with one attached hydrogen (secondary N) is 1. The number of ether oxygens (including phenoxy) is 1. The minimum atomic E-state index is -1.17. The summed E-state index contributed by atoms with van der Waals surface area (Å²) in [6.45, 7) is 3.28. The van der Waals surface area contributed by atoms with Gasteiger partial charge in [-0.2, -0.15) is 0 Å². The van der Waals surface area contributed by atoms with Gasteiger partial charge >= 0.3 is 23.9 Å². The van der Waals surface area contributed by atoms with Crippen LogP contribution in [0.1, 0.15) is 34.5 Å². The maximum Gasteiger partial charge on any atom is 0.325 e. The summed E-state index contributed by atoms with van der Waals surface area (Å²) >= 11 is 0. The van der Waals surface area contributed by atoms with Crippen molar-refractivity contribution in [3.63, 3.8) is 0 Å². The fourth-order valence-electron chi connectivity index (χ4n) is 5.34. The fraction of sp³-hybridized carbons (Fsp3) is 0.469. The molecule has 1 heterocycles. The van der Waals surface area contributed by atoms with E-state index < -0.39 is 29.9 Å². The van der Waals surface area contributed by atoms with Gasteiger partial charge in [-0.05, 0) is 42.3 Å². The first-order valence-corrected chi connectivity index (χ1v) is 15.3. The second-order valence-corrected chi connectivity index (χ2v) is 11.2. The first-order valence-electron chi connectivity index (χ1n) is 15.3. The molecule has 0 radical (unpaired) electrons. The summed E-state index contributed by atoms with van der Waals surface area (Å²) < 4.78 is 5.43. The zero-order valence-electron chi connectivity index (χ0n) is 26.8. The van der Waals surface area contributed by atoms with Crippen LogP contribution in [0.3, 0.4) is 0 Å². The van der Waals surface area contributed by atoms with Crippen molar-refractivity contribution in [2.45, 2.75) is 19.5 Å². The third kappa shape index (κ3) is 14.1. The number of carboxylic acids is 4. The quantitative estimate of drug-likeness (QED) is 0.178. The van der Waals surface area contributed by atoms with E-state index in [9.17, 15) is 44.4 Å². The van der Waals surface area contributed by atoms with Crippen molar-refractivity contribution in [2.75, 3.05) is 78.6 Å². The largest absolute Gasteiger partial charge is 0.494 e. The predicted octanol–water partition coefficient (Wildman–Crippen LogP) is 0.616. The van der Waals surface area contributed by atoms with Crippen LogP contribution in [-0.2, 0) is 25.7 Å². The Morgan fingerprint density at radius 2 is 1.12 bits per heavy atom. The molecule has 0 bridgehead atoms. The normalized spacial score (nSPS) is 16.4. The first kappa shape index (κ1) is 40.9. The molecule has 3 rings (SSSR count). The molecule has 1 amide bonds. The van der Waals surface area contributed by atoms with Gasteiger partial charge in [0.25, 0.3) is 5.91 Å². The average molecular weight is 815 g/mol. The van der Waals surface area contributed by atoms with Crippen molar-refractivity contribution in [3.05, 3.63) is 65.2 Å². The molecule has 1 saturated heterocycles. The summed E-state index contributed by atoms with van der Waals surface area (Å²) in [6, 6.07) is 12.4. The molecule has 2 aromatic carbocycles. The molecule has 48 heavy (non-hydrogen) atoms. The molecule has 1 unspecified atom stereocenters. The van der Waals surface area contributed by atoms with E-state index in [4.69, 9.17) is 4.74 Å². The number of hydrogen-bond acceptors (Lipinski definition) is 10. The number of amides is 1. The molecule has 1 fully saturated rings. The van der Waals surface area contributed by atoms with Gasteiger partial charge in [0.2, 0.25) is 0 Å². The predicted molar refractivity (Wildman–Crippen MR) is 169 cm³/mol. The van der Waals surface area contributed by atoms with Crippen molar-refractivity contribution >= 4 is 29.8 Å². The van der Waals surface area contributed by atoms with Crippen LogP contribution >= 0.6 is 0 Å². The number of benzene rings is 2. The molecule has 16 heteroatoms. The molecule has 5 N–H and O–H groups in total. The molecule has 2 aromatic rings. The molecule has 15 nitrogen and oxygen atoms in total. The zero-order valence-corrected chi connectivity index (χ0v) is 29.0. The Morgan fingerprint density at radius 3 is 1.52 bits per heavy atom. The second-order valence-electron chi connectivity index (χ2n) is 11.2. The Balaban J connectivity index is 0.00000800. The van der Waals surface area contributed by atoms with Gasteiger partial charge < -0.3 is 30.5 Å². The van der Waals surface area contributed by atoms with Crippen molar-refractivity contribution in [3.8, 4) is 5.75 Å². The Labute approximate surface area is 311 Å². The molecule has 0 saturated carbocycles. The van der Waals surface area contributed by atoms with Gasteiger partial charge in [-0.15, -0.1) is 0 Å². The SMILES string of the molecule is CCOc1ccc(CNC(=O)c2ccc(C(C(=O)O)N3CCN(CC(=O)O)CCN(CC(=O)O)CCN(CC(=O)O)CC3)cc2)cc1.[Gd]. The number of rotatable bonds is 14. The summed E-state index contributed by atoms with van der Waals surface area (Å²) in [5, 5.41) is 41.5. The van der Waals surface area contributed by atoms with Crippen LogP contribution in [0.25, 0.3) is 0 Å². The Bertz CT molecular complexity index is 1330. The van der Waals surface area contributed by atoms with Gasteiger partial charge in [0.1, 0.15) is 11.8 Å². The average Bonchev–Trinajstić information content (AvgIpc) is 3.01. The summed E-state index contributed by atoms with van der Waals surface area (Å²) in [4.78, 5) is 66.6. The minimum Gasteiger partial charge on any atom is -0.494 e. The number of carbonyl (C=O) groups excluding carboxylic acids is 1. The van der Waals surface area contributed by atoms with E-state index in [2.05, 4.69) is 5.32 Å². The van der Waals surface area contributed by atoms with E-state index in [0.717, 1.165) is 11.3 Å². The molecule has 1 aliphatic heterocycles. The minimum absolute atomic E-state index is 0. The smallest absolute Gasteiger partial charge is 0.325 e. The number of carbonyl (C=O) groups is 5. The monoisotopic (exact) mass is 815 g/mol. The number of aliphatic carboxylic acids is 4. The van der Waals surface area contributed by atoms with Gasteiger partial charge in [0, 0.05) is 104 Å². The van der Waals surface area contributed by atoms with E-state index in [1.54, 1.807) is 43.9 Å². The van der Waals surface area contributed by atoms with Gasteiger partial charge in [-0.25, -0.2) is 0 Å². The third-order valence-electron chi connectivity index (χ3n) is 7.72. The van der Waals surface area contributed by atoms with Crippen LogP contribution in [0.2, 0.25) is 0 Å². The summed E-state index contributed by atoms with van der Waals surface area (Å²) in [5.74, 6) is -3.98. The van der Waals surface area contributed by atoms with Crippen LogP contribution in [-0.4, -0.2) is 148 Å². The van der Waals surface area contributed by atoms with E-state index in [-0.39, 0.29) is 124 Å². The molecular formula is C32H43GdN5O10. The van der Waals surface area contributed by atoms with Gasteiger partial charge in [-0.3, -0.25) is 43.6 Å². The van der Waals surface area contributed by atoms with Crippen LogP contribution in [0, 0.1) is 39.9 Å².